The first-order chi connectivity index (χ1) is 13.0. The molecule has 2 heterocycles. The van der Waals surface area contributed by atoms with E-state index in [0.717, 1.165) is 23.3 Å². The molecule has 0 aliphatic carbocycles. The maximum Gasteiger partial charge on any atom is 0.198 e. The molecule has 4 rings (SSSR count). The summed E-state index contributed by atoms with van der Waals surface area (Å²) in [6, 6.07) is 11.0. The van der Waals surface area contributed by atoms with Gasteiger partial charge < -0.3 is 10.7 Å². The molecule has 0 unspecified atom stereocenters. The average Bonchev–Trinajstić information content (AvgIpc) is 3.09. The number of carbonyl (C=O) groups is 1. The predicted octanol–water partition coefficient (Wildman–Crippen LogP) is 4.97. The van der Waals surface area contributed by atoms with E-state index in [1.807, 2.05) is 12.1 Å². The number of nitrogens with zero attached hydrogens (tertiary/aromatic N) is 1. The van der Waals surface area contributed by atoms with Crippen LogP contribution in [0.3, 0.4) is 0 Å². The number of anilines is 1. The van der Waals surface area contributed by atoms with Crippen LogP contribution in [0.5, 0.6) is 0 Å². The summed E-state index contributed by atoms with van der Waals surface area (Å²) in [6.07, 6.45) is 3.11. The van der Waals surface area contributed by atoms with Crippen molar-refractivity contribution in [2.75, 3.05) is 5.73 Å². The van der Waals surface area contributed by atoms with Gasteiger partial charge in [-0.3, -0.25) is 4.79 Å². The van der Waals surface area contributed by atoms with Gasteiger partial charge in [-0.2, -0.15) is 0 Å². The minimum Gasteiger partial charge on any atom is -0.394 e. The maximum atomic E-state index is 14.3. The fraction of sp³-hybridized carbons (Fsp3) is 0. The second-order valence-electron chi connectivity index (χ2n) is 5.98. The molecule has 0 saturated carbocycles. The summed E-state index contributed by atoms with van der Waals surface area (Å²) in [5, 5.41) is 1.13. The van der Waals surface area contributed by atoms with Crippen molar-refractivity contribution in [1.29, 1.82) is 0 Å². The first kappa shape index (κ1) is 17.2. The van der Waals surface area contributed by atoms with Crippen molar-refractivity contribution in [1.82, 2.24) is 9.97 Å². The molecule has 0 bridgehead atoms. The van der Waals surface area contributed by atoms with Crippen LogP contribution in [0.2, 0.25) is 5.02 Å². The Morgan fingerprint density at radius 1 is 1.04 bits per heavy atom. The van der Waals surface area contributed by atoms with Gasteiger partial charge in [0, 0.05) is 33.9 Å². The molecular formula is C20H12ClF2N3O. The summed E-state index contributed by atoms with van der Waals surface area (Å²) in [4.78, 5) is 20.0. The van der Waals surface area contributed by atoms with E-state index in [9.17, 15) is 13.6 Å². The minimum atomic E-state index is -1.07. The third-order valence-corrected chi connectivity index (χ3v) is 4.58. The molecule has 0 spiro atoms. The van der Waals surface area contributed by atoms with Crippen molar-refractivity contribution in [2.45, 2.75) is 0 Å². The molecule has 3 N–H and O–H groups in total. The van der Waals surface area contributed by atoms with E-state index in [0.29, 0.717) is 16.1 Å². The number of aromatic nitrogens is 2. The van der Waals surface area contributed by atoms with Gasteiger partial charge in [-0.25, -0.2) is 13.8 Å². The predicted molar refractivity (Wildman–Crippen MR) is 101 cm³/mol. The molecule has 0 fully saturated rings. The Bertz CT molecular complexity index is 1190. The molecule has 134 valence electrons. The lowest BCUT2D eigenvalue weighted by Crippen LogP contribution is -2.07. The van der Waals surface area contributed by atoms with Crippen LogP contribution in [0.1, 0.15) is 15.9 Å². The number of benzene rings is 2. The second kappa shape index (κ2) is 6.48. The number of hydrogen-bond acceptors (Lipinski definition) is 3. The van der Waals surface area contributed by atoms with E-state index in [2.05, 4.69) is 9.97 Å². The standard InChI is InChI=1S/C20H12ClF2N3O/c21-12-3-1-10(2-4-12)11-7-14-15(9-26-20(14)25-8-11)19(27)13-5-6-16(22)18(24)17(13)23/h1-9H,24H2,(H,25,26). The molecular weight excluding hydrogens is 372 g/mol. The van der Waals surface area contributed by atoms with E-state index in [1.54, 1.807) is 24.4 Å². The highest BCUT2D eigenvalue weighted by Crippen LogP contribution is 2.28. The summed E-state index contributed by atoms with van der Waals surface area (Å²) in [5.74, 6) is -2.59. The molecule has 27 heavy (non-hydrogen) atoms. The van der Waals surface area contributed by atoms with Gasteiger partial charge in [0.1, 0.15) is 17.2 Å². The van der Waals surface area contributed by atoms with Crippen LogP contribution in [0, 0.1) is 11.6 Å². The van der Waals surface area contributed by atoms with Crippen LogP contribution in [0.4, 0.5) is 14.5 Å². The van der Waals surface area contributed by atoms with Gasteiger partial charge in [0.05, 0.1) is 5.56 Å². The van der Waals surface area contributed by atoms with Crippen LogP contribution >= 0.6 is 11.6 Å². The third kappa shape index (κ3) is 2.94. The van der Waals surface area contributed by atoms with Gasteiger partial charge in [0.2, 0.25) is 0 Å². The zero-order valence-corrected chi connectivity index (χ0v) is 14.5. The Kier molecular flexibility index (Phi) is 4.12. The summed E-state index contributed by atoms with van der Waals surface area (Å²) in [7, 11) is 0. The van der Waals surface area contributed by atoms with Crippen molar-refractivity contribution in [3.63, 3.8) is 0 Å². The highest BCUT2D eigenvalue weighted by molar-refractivity contribution is 6.30. The minimum absolute atomic E-state index is 0.221. The van der Waals surface area contributed by atoms with Gasteiger partial charge in [-0.1, -0.05) is 23.7 Å². The molecule has 0 aliphatic rings. The number of halogens is 3. The Morgan fingerprint density at radius 2 is 1.78 bits per heavy atom. The van der Waals surface area contributed by atoms with Crippen LogP contribution in [-0.4, -0.2) is 15.8 Å². The fourth-order valence-electron chi connectivity index (χ4n) is 2.88. The molecule has 0 saturated heterocycles. The smallest absolute Gasteiger partial charge is 0.198 e. The zero-order valence-electron chi connectivity index (χ0n) is 13.8. The van der Waals surface area contributed by atoms with E-state index in [1.165, 1.54) is 6.20 Å². The van der Waals surface area contributed by atoms with Crippen molar-refractivity contribution in [3.8, 4) is 11.1 Å². The van der Waals surface area contributed by atoms with Crippen LogP contribution in [0.25, 0.3) is 22.2 Å². The van der Waals surface area contributed by atoms with E-state index < -0.39 is 23.1 Å². The molecule has 2 aromatic heterocycles. The summed E-state index contributed by atoms with van der Waals surface area (Å²) in [5.41, 5.74) is 6.72. The van der Waals surface area contributed by atoms with Crippen molar-refractivity contribution < 1.29 is 13.6 Å². The topological polar surface area (TPSA) is 71.8 Å². The summed E-state index contributed by atoms with van der Waals surface area (Å²) in [6.45, 7) is 0. The SMILES string of the molecule is Nc1c(F)ccc(C(=O)c2c[nH]c3ncc(-c4ccc(Cl)cc4)cc23)c1F. The normalized spacial score (nSPS) is 11.1. The molecule has 4 aromatic rings. The number of carbonyl (C=O) groups excluding carboxylic acids is 1. The van der Waals surface area contributed by atoms with Gasteiger partial charge >= 0.3 is 0 Å². The molecule has 0 atom stereocenters. The van der Waals surface area contributed by atoms with E-state index >= 15 is 0 Å². The molecule has 0 amide bonds. The Labute approximate surface area is 157 Å². The Hall–Kier alpha value is -3.25. The Morgan fingerprint density at radius 3 is 2.52 bits per heavy atom. The average molecular weight is 384 g/mol. The van der Waals surface area contributed by atoms with Crippen molar-refractivity contribution in [2.24, 2.45) is 0 Å². The molecule has 0 aliphatic heterocycles. The highest BCUT2D eigenvalue weighted by Gasteiger charge is 2.21. The highest BCUT2D eigenvalue weighted by atomic mass is 35.5. The second-order valence-corrected chi connectivity index (χ2v) is 6.42. The number of nitrogens with one attached hydrogen (secondary N) is 1. The van der Waals surface area contributed by atoms with E-state index in [4.69, 9.17) is 17.3 Å². The number of nitrogens with two attached hydrogens (primary N) is 1. The first-order valence-electron chi connectivity index (χ1n) is 7.97. The van der Waals surface area contributed by atoms with Gasteiger partial charge in [-0.05, 0) is 35.9 Å². The number of rotatable bonds is 3. The maximum absolute atomic E-state index is 14.3. The fourth-order valence-corrected chi connectivity index (χ4v) is 3.01. The Balaban J connectivity index is 1.83. The van der Waals surface area contributed by atoms with Crippen molar-refractivity contribution in [3.05, 3.63) is 82.6 Å². The number of hydrogen-bond donors (Lipinski definition) is 2. The summed E-state index contributed by atoms with van der Waals surface area (Å²) < 4.78 is 27.6. The lowest BCUT2D eigenvalue weighted by atomic mass is 10.00. The largest absolute Gasteiger partial charge is 0.394 e. The van der Waals surface area contributed by atoms with Crippen LogP contribution in [0.15, 0.2) is 54.9 Å². The van der Waals surface area contributed by atoms with Gasteiger partial charge in [0.25, 0.3) is 0 Å². The quantitative estimate of drug-likeness (QED) is 0.387. The number of pyridine rings is 1. The first-order valence-corrected chi connectivity index (χ1v) is 8.34. The third-order valence-electron chi connectivity index (χ3n) is 4.32. The lowest BCUT2D eigenvalue weighted by Gasteiger charge is -2.06. The number of H-pyrrole nitrogens is 1. The number of aromatic amines is 1. The van der Waals surface area contributed by atoms with Gasteiger partial charge in [0.15, 0.2) is 11.6 Å². The van der Waals surface area contributed by atoms with Crippen LogP contribution in [-0.2, 0) is 0 Å². The zero-order chi connectivity index (χ0) is 19.1. The molecule has 0 radical (unpaired) electrons. The number of fused-ring (bicyclic) bond motifs is 1. The molecule has 7 heteroatoms. The monoisotopic (exact) mass is 383 g/mol. The van der Waals surface area contributed by atoms with Gasteiger partial charge in [-0.15, -0.1) is 0 Å². The molecule has 4 nitrogen and oxygen atoms in total. The molecule has 2 aromatic carbocycles. The summed E-state index contributed by atoms with van der Waals surface area (Å²) >= 11 is 5.91. The number of nitrogen functional groups attached to an aromatic ring is 1. The van der Waals surface area contributed by atoms with E-state index in [-0.39, 0.29) is 11.1 Å². The van der Waals surface area contributed by atoms with Crippen LogP contribution < -0.4 is 5.73 Å². The van der Waals surface area contributed by atoms with Crippen molar-refractivity contribution >= 4 is 34.1 Å². The number of ketones is 1. The lowest BCUT2D eigenvalue weighted by molar-refractivity contribution is 0.103.